The van der Waals surface area contributed by atoms with E-state index >= 15 is 0 Å². The van der Waals surface area contributed by atoms with Crippen LogP contribution in [0.5, 0.6) is 0 Å². The molecule has 27 heavy (non-hydrogen) atoms. The molecule has 4 atom stereocenters. The van der Waals surface area contributed by atoms with Crippen molar-refractivity contribution in [2.24, 2.45) is 11.8 Å². The van der Waals surface area contributed by atoms with E-state index in [4.69, 9.17) is 55.9 Å². The van der Waals surface area contributed by atoms with E-state index in [1.807, 2.05) is 0 Å². The van der Waals surface area contributed by atoms with Gasteiger partial charge < -0.3 is 9.47 Å². The topological polar surface area (TPSA) is 55.8 Å². The number of rotatable bonds is 3. The van der Waals surface area contributed by atoms with Crippen molar-refractivity contribution < 1.29 is 23.5 Å². The van der Waals surface area contributed by atoms with E-state index in [0.717, 1.165) is 11.0 Å². The second kappa shape index (κ2) is 5.81. The summed E-state index contributed by atoms with van der Waals surface area (Å²) < 4.78 is 25.3. The molecule has 1 aromatic carbocycles. The number of hydrogen-bond acceptors (Lipinski definition) is 4. The Morgan fingerprint density at radius 2 is 1.41 bits per heavy atom. The van der Waals surface area contributed by atoms with E-state index in [2.05, 4.69) is 0 Å². The fourth-order valence-corrected chi connectivity index (χ4v) is 6.74. The largest absolute Gasteiger partial charge is 0.350 e. The number of methoxy groups -OCH3 is 2. The van der Waals surface area contributed by atoms with Gasteiger partial charge in [-0.05, 0) is 12.1 Å². The van der Waals surface area contributed by atoms with Gasteiger partial charge in [-0.1, -0.05) is 35.3 Å². The lowest BCUT2D eigenvalue weighted by atomic mass is 9.84. The molecule has 2 aliphatic carbocycles. The van der Waals surface area contributed by atoms with Crippen molar-refractivity contribution in [3.05, 3.63) is 40.1 Å². The predicted molar refractivity (Wildman–Crippen MR) is 98.5 cm³/mol. The Morgan fingerprint density at radius 1 is 0.963 bits per heavy atom. The van der Waals surface area contributed by atoms with Gasteiger partial charge in [-0.15, -0.1) is 23.2 Å². The molecule has 1 saturated heterocycles. The number of ether oxygens (including phenoxy) is 2. The van der Waals surface area contributed by atoms with Crippen molar-refractivity contribution in [3.8, 4) is 0 Å². The number of halogens is 5. The van der Waals surface area contributed by atoms with Gasteiger partial charge in [-0.25, -0.2) is 9.29 Å². The van der Waals surface area contributed by atoms with Crippen LogP contribution < -0.4 is 4.90 Å². The summed E-state index contributed by atoms with van der Waals surface area (Å²) in [4.78, 5) is 23.5. The maximum atomic E-state index is 14.3. The predicted octanol–water partition coefficient (Wildman–Crippen LogP) is 3.59. The molecule has 4 rings (SSSR count). The molecular weight excluding hydrogens is 443 g/mol. The minimum absolute atomic E-state index is 0.137. The van der Waals surface area contributed by atoms with Gasteiger partial charge in [0.25, 0.3) is 0 Å². The van der Waals surface area contributed by atoms with Crippen molar-refractivity contribution in [2.45, 2.75) is 15.5 Å². The van der Waals surface area contributed by atoms with E-state index in [-0.39, 0.29) is 15.8 Å². The number of alkyl halides is 2. The van der Waals surface area contributed by atoms with E-state index in [1.165, 1.54) is 32.4 Å². The maximum Gasteiger partial charge on any atom is 0.240 e. The minimum atomic E-state index is -1.86. The van der Waals surface area contributed by atoms with Gasteiger partial charge in [-0.2, -0.15) is 0 Å². The third-order valence-corrected chi connectivity index (χ3v) is 8.23. The summed E-state index contributed by atoms with van der Waals surface area (Å²) >= 11 is 26.3. The molecule has 0 unspecified atom stereocenters. The van der Waals surface area contributed by atoms with Crippen molar-refractivity contribution in [1.29, 1.82) is 0 Å². The molecule has 10 heteroatoms. The van der Waals surface area contributed by atoms with Crippen LogP contribution in [0.1, 0.15) is 0 Å². The van der Waals surface area contributed by atoms with Gasteiger partial charge in [0.05, 0.1) is 27.6 Å². The summed E-state index contributed by atoms with van der Waals surface area (Å²) in [7, 11) is 2.53. The molecule has 144 valence electrons. The standard InChI is InChI=1S/C17H12Cl4FNO4/c1-26-17(27-2)15(20)9-10(16(17,21)12(19)11(15)18)14(25)23(13(9)24)8-6-4-3-5-7(8)22/h3-6,9-10H,1-2H3/t9-,10+,15+,16-. The van der Waals surface area contributed by atoms with Gasteiger partial charge in [0.15, 0.2) is 0 Å². The Kier molecular flexibility index (Phi) is 4.18. The zero-order valence-electron chi connectivity index (χ0n) is 13.9. The van der Waals surface area contributed by atoms with E-state index in [0.29, 0.717) is 0 Å². The molecule has 0 radical (unpaired) electrons. The van der Waals surface area contributed by atoms with Crippen LogP contribution in [0.2, 0.25) is 0 Å². The van der Waals surface area contributed by atoms with Crippen molar-refractivity contribution in [2.75, 3.05) is 19.1 Å². The van der Waals surface area contributed by atoms with Crippen LogP contribution in [-0.4, -0.2) is 41.6 Å². The first-order valence-electron chi connectivity index (χ1n) is 7.81. The molecule has 1 heterocycles. The molecule has 1 aliphatic heterocycles. The van der Waals surface area contributed by atoms with E-state index < -0.39 is 45.0 Å². The molecule has 1 aromatic rings. The number of hydrogen-bond donors (Lipinski definition) is 0. The first kappa shape index (κ1) is 19.4. The molecule has 0 spiro atoms. The molecule has 2 amide bonds. The quantitative estimate of drug-likeness (QED) is 0.398. The summed E-state index contributed by atoms with van der Waals surface area (Å²) in [6.45, 7) is 0. The highest BCUT2D eigenvalue weighted by molar-refractivity contribution is 6.54. The molecule has 1 saturated carbocycles. The third kappa shape index (κ3) is 1.81. The Hall–Kier alpha value is -0.890. The first-order chi connectivity index (χ1) is 12.6. The number of amides is 2. The minimum Gasteiger partial charge on any atom is -0.350 e. The van der Waals surface area contributed by atoms with Gasteiger partial charge in [0, 0.05) is 14.2 Å². The second-order valence-electron chi connectivity index (χ2n) is 6.49. The van der Waals surface area contributed by atoms with Crippen LogP contribution in [0, 0.1) is 17.7 Å². The van der Waals surface area contributed by atoms with E-state index in [1.54, 1.807) is 0 Å². The van der Waals surface area contributed by atoms with Crippen LogP contribution >= 0.6 is 46.4 Å². The number of para-hydroxylation sites is 1. The number of nitrogens with zero attached hydrogens (tertiary/aromatic N) is 1. The summed E-state index contributed by atoms with van der Waals surface area (Å²) in [5, 5.41) is -0.273. The van der Waals surface area contributed by atoms with Gasteiger partial charge >= 0.3 is 0 Å². The van der Waals surface area contributed by atoms with Crippen molar-refractivity contribution >= 4 is 63.9 Å². The highest BCUT2D eigenvalue weighted by Gasteiger charge is 2.89. The number of fused-ring (bicyclic) bond motifs is 5. The van der Waals surface area contributed by atoms with Crippen LogP contribution in [0.3, 0.4) is 0 Å². The molecule has 3 aliphatic rings. The Morgan fingerprint density at radius 3 is 1.81 bits per heavy atom. The average Bonchev–Trinajstić information content (AvgIpc) is 3.06. The molecule has 2 fully saturated rings. The molecular formula is C17H12Cl4FNO4. The summed E-state index contributed by atoms with van der Waals surface area (Å²) in [5.41, 5.74) is -0.200. The molecule has 0 aromatic heterocycles. The Balaban J connectivity index is 1.96. The van der Waals surface area contributed by atoms with Gasteiger partial charge in [0.1, 0.15) is 15.6 Å². The number of imide groups is 1. The fraction of sp³-hybridized carbons (Fsp3) is 0.412. The van der Waals surface area contributed by atoms with Crippen LogP contribution in [0.15, 0.2) is 34.3 Å². The molecule has 0 N–H and O–H groups in total. The summed E-state index contributed by atoms with van der Waals surface area (Å²) in [5.74, 6) is -6.62. The maximum absolute atomic E-state index is 14.3. The summed E-state index contributed by atoms with van der Waals surface area (Å²) in [6.07, 6.45) is 0. The van der Waals surface area contributed by atoms with Crippen LogP contribution in [-0.2, 0) is 19.1 Å². The molecule has 5 nitrogen and oxygen atoms in total. The lowest BCUT2D eigenvalue weighted by Gasteiger charge is -2.42. The normalized spacial score (nSPS) is 36.8. The fourth-order valence-electron chi connectivity index (χ4n) is 4.58. The van der Waals surface area contributed by atoms with Crippen molar-refractivity contribution in [1.82, 2.24) is 0 Å². The highest BCUT2D eigenvalue weighted by Crippen LogP contribution is 2.75. The van der Waals surface area contributed by atoms with Crippen molar-refractivity contribution in [3.63, 3.8) is 0 Å². The number of carbonyl (C=O) groups is 2. The number of benzene rings is 1. The van der Waals surface area contributed by atoms with Crippen LogP contribution in [0.25, 0.3) is 0 Å². The van der Waals surface area contributed by atoms with Gasteiger partial charge in [-0.3, -0.25) is 9.59 Å². The zero-order valence-corrected chi connectivity index (χ0v) is 17.0. The summed E-state index contributed by atoms with van der Waals surface area (Å²) in [6, 6.07) is 5.39. The monoisotopic (exact) mass is 453 g/mol. The highest BCUT2D eigenvalue weighted by atomic mass is 35.5. The lowest BCUT2D eigenvalue weighted by molar-refractivity contribution is -0.221. The number of anilines is 1. The van der Waals surface area contributed by atoms with Crippen LogP contribution in [0.4, 0.5) is 10.1 Å². The van der Waals surface area contributed by atoms with Gasteiger partial charge in [0.2, 0.25) is 17.6 Å². The zero-order chi connectivity index (χ0) is 19.9. The number of carbonyl (C=O) groups excluding carboxylic acids is 2. The van der Waals surface area contributed by atoms with E-state index in [9.17, 15) is 14.0 Å². The Labute approximate surface area is 173 Å². The smallest absolute Gasteiger partial charge is 0.240 e. The second-order valence-corrected chi connectivity index (χ2v) is 8.44. The first-order valence-corrected chi connectivity index (χ1v) is 9.33. The SMILES string of the molecule is COC1(OC)[C@@]2(Cl)C(Cl)=C(Cl)[C@]1(Cl)[C@@H]1C(=O)N(c3ccccc3F)C(=O)[C@@H]12. The average molecular weight is 455 g/mol. The molecule has 2 bridgehead atoms. The lowest BCUT2D eigenvalue weighted by Crippen LogP contribution is -2.60. The third-order valence-electron chi connectivity index (χ3n) is 5.62. The Bertz CT molecular complexity index is 874.